The van der Waals surface area contributed by atoms with Crippen molar-refractivity contribution in [1.82, 2.24) is 5.32 Å². The van der Waals surface area contributed by atoms with Crippen molar-refractivity contribution in [1.29, 1.82) is 0 Å². The molecule has 3 nitrogen and oxygen atoms in total. The maximum Gasteiger partial charge on any atom is 0.172 e. The molecule has 0 heterocycles. The molecule has 4 N–H and O–H groups in total. The highest BCUT2D eigenvalue weighted by Crippen LogP contribution is 2.14. The molecule has 0 aliphatic heterocycles. The van der Waals surface area contributed by atoms with E-state index in [-0.39, 0.29) is 0 Å². The quantitative estimate of drug-likeness (QED) is 0.593. The Morgan fingerprint density at radius 3 is 2.11 bits per heavy atom. The molecular formula is C15H17N3S. The van der Waals surface area contributed by atoms with Crippen LogP contribution in [0.15, 0.2) is 60.7 Å². The van der Waals surface area contributed by atoms with Gasteiger partial charge in [0, 0.05) is 5.69 Å². The summed E-state index contributed by atoms with van der Waals surface area (Å²) in [5, 5.41) is 6.73. The van der Waals surface area contributed by atoms with Gasteiger partial charge in [0.1, 0.15) is 5.66 Å². The van der Waals surface area contributed by atoms with E-state index in [2.05, 4.69) is 10.6 Å². The molecular weight excluding hydrogens is 254 g/mol. The van der Waals surface area contributed by atoms with Crippen LogP contribution in [0.5, 0.6) is 0 Å². The summed E-state index contributed by atoms with van der Waals surface area (Å²) in [5.74, 6) is 0. The second kappa shape index (κ2) is 5.82. The zero-order valence-electron chi connectivity index (χ0n) is 10.8. The number of para-hydroxylation sites is 1. The second-order valence-corrected chi connectivity index (χ2v) is 4.92. The molecule has 0 saturated carbocycles. The predicted molar refractivity (Wildman–Crippen MR) is 83.8 cm³/mol. The van der Waals surface area contributed by atoms with Crippen LogP contribution in [0.1, 0.15) is 12.5 Å². The largest absolute Gasteiger partial charge is 0.341 e. The van der Waals surface area contributed by atoms with Crippen LogP contribution in [-0.4, -0.2) is 5.11 Å². The van der Waals surface area contributed by atoms with Crippen molar-refractivity contribution >= 4 is 23.0 Å². The number of benzene rings is 2. The van der Waals surface area contributed by atoms with Crippen LogP contribution in [0.2, 0.25) is 0 Å². The Morgan fingerprint density at radius 2 is 1.53 bits per heavy atom. The van der Waals surface area contributed by atoms with Crippen LogP contribution in [0.25, 0.3) is 0 Å². The Labute approximate surface area is 118 Å². The van der Waals surface area contributed by atoms with Gasteiger partial charge in [-0.1, -0.05) is 48.5 Å². The third-order valence-electron chi connectivity index (χ3n) is 2.78. The molecule has 4 heteroatoms. The van der Waals surface area contributed by atoms with E-state index < -0.39 is 5.66 Å². The maximum atomic E-state index is 6.25. The first kappa shape index (κ1) is 13.5. The molecule has 1 unspecified atom stereocenters. The minimum absolute atomic E-state index is 0.500. The first-order valence-corrected chi connectivity index (χ1v) is 6.47. The van der Waals surface area contributed by atoms with Gasteiger partial charge >= 0.3 is 0 Å². The molecule has 0 fully saturated rings. The fraction of sp³-hybridized carbons (Fsp3) is 0.133. The van der Waals surface area contributed by atoms with E-state index in [0.717, 1.165) is 11.3 Å². The number of hydrogen-bond donors (Lipinski definition) is 3. The lowest BCUT2D eigenvalue weighted by Gasteiger charge is -2.28. The minimum atomic E-state index is -0.708. The lowest BCUT2D eigenvalue weighted by Crippen LogP contribution is -2.51. The van der Waals surface area contributed by atoms with Gasteiger partial charge in [-0.15, -0.1) is 0 Å². The van der Waals surface area contributed by atoms with Crippen molar-refractivity contribution in [3.05, 3.63) is 66.2 Å². The number of hydrogen-bond acceptors (Lipinski definition) is 2. The number of thiocarbonyl (C=S) groups is 1. The fourth-order valence-corrected chi connectivity index (χ4v) is 2.11. The van der Waals surface area contributed by atoms with Gasteiger partial charge in [-0.25, -0.2) is 0 Å². The second-order valence-electron chi connectivity index (χ2n) is 4.51. The third kappa shape index (κ3) is 3.77. The molecule has 0 aliphatic rings. The highest BCUT2D eigenvalue weighted by atomic mass is 32.1. The monoisotopic (exact) mass is 271 g/mol. The number of nitrogens with two attached hydrogens (primary N) is 1. The summed E-state index contributed by atoms with van der Waals surface area (Å²) in [6.07, 6.45) is 0. The van der Waals surface area contributed by atoms with E-state index in [1.54, 1.807) is 0 Å². The third-order valence-corrected chi connectivity index (χ3v) is 2.98. The predicted octanol–water partition coefficient (Wildman–Crippen LogP) is 2.80. The summed E-state index contributed by atoms with van der Waals surface area (Å²) in [4.78, 5) is 0. The Balaban J connectivity index is 2.02. The molecule has 0 aliphatic carbocycles. The van der Waals surface area contributed by atoms with Crippen molar-refractivity contribution in [3.63, 3.8) is 0 Å². The average molecular weight is 271 g/mol. The molecule has 2 aromatic rings. The van der Waals surface area contributed by atoms with E-state index in [9.17, 15) is 0 Å². The fourth-order valence-electron chi connectivity index (χ4n) is 1.78. The van der Waals surface area contributed by atoms with Gasteiger partial charge in [-0.3, -0.25) is 0 Å². The molecule has 19 heavy (non-hydrogen) atoms. The molecule has 2 rings (SSSR count). The topological polar surface area (TPSA) is 50.1 Å². The number of anilines is 1. The standard InChI is InChI=1S/C15H17N3S/c1-15(16,12-8-4-2-5-9-12)18-14(19)17-13-10-6-3-7-11-13/h2-11H,16H2,1H3,(H2,17,18,19). The molecule has 0 bridgehead atoms. The Hall–Kier alpha value is -1.91. The normalized spacial score (nSPS) is 13.4. The molecule has 1 atom stereocenters. The van der Waals surface area contributed by atoms with Crippen molar-refractivity contribution in [2.45, 2.75) is 12.6 Å². The Kier molecular flexibility index (Phi) is 4.14. The summed E-state index contributed by atoms with van der Waals surface area (Å²) in [6, 6.07) is 19.6. The summed E-state index contributed by atoms with van der Waals surface area (Å²) >= 11 is 5.28. The Bertz CT molecular complexity index is 538. The van der Waals surface area contributed by atoms with Crippen molar-refractivity contribution in [2.24, 2.45) is 5.73 Å². The molecule has 0 amide bonds. The lowest BCUT2D eigenvalue weighted by atomic mass is 10.0. The van der Waals surface area contributed by atoms with Gasteiger partial charge in [-0.05, 0) is 36.8 Å². The van der Waals surface area contributed by atoms with Crippen molar-refractivity contribution in [3.8, 4) is 0 Å². The zero-order valence-corrected chi connectivity index (χ0v) is 11.6. The van der Waals surface area contributed by atoms with Crippen LogP contribution < -0.4 is 16.4 Å². The van der Waals surface area contributed by atoms with E-state index >= 15 is 0 Å². The van der Waals surface area contributed by atoms with Gasteiger partial charge in [-0.2, -0.15) is 0 Å². The van der Waals surface area contributed by atoms with Crippen molar-refractivity contribution < 1.29 is 0 Å². The number of rotatable bonds is 3. The summed E-state index contributed by atoms with van der Waals surface area (Å²) in [5.41, 5.74) is 7.46. The van der Waals surface area contributed by atoms with Crippen LogP contribution in [-0.2, 0) is 5.66 Å². The van der Waals surface area contributed by atoms with Crippen LogP contribution in [0.3, 0.4) is 0 Å². The van der Waals surface area contributed by atoms with Gasteiger partial charge in [0.2, 0.25) is 0 Å². The van der Waals surface area contributed by atoms with E-state index in [0.29, 0.717) is 5.11 Å². The minimum Gasteiger partial charge on any atom is -0.341 e. The van der Waals surface area contributed by atoms with Crippen LogP contribution >= 0.6 is 12.2 Å². The van der Waals surface area contributed by atoms with E-state index in [4.69, 9.17) is 18.0 Å². The maximum absolute atomic E-state index is 6.25. The summed E-state index contributed by atoms with van der Waals surface area (Å²) < 4.78 is 0. The SMILES string of the molecule is CC(N)(NC(=S)Nc1ccccc1)c1ccccc1. The van der Waals surface area contributed by atoms with E-state index in [1.807, 2.05) is 67.6 Å². The molecule has 2 aromatic carbocycles. The van der Waals surface area contributed by atoms with Crippen LogP contribution in [0, 0.1) is 0 Å². The zero-order chi connectivity index (χ0) is 13.7. The first-order chi connectivity index (χ1) is 9.08. The van der Waals surface area contributed by atoms with Gasteiger partial charge in [0.15, 0.2) is 5.11 Å². The molecule has 98 valence electrons. The van der Waals surface area contributed by atoms with Gasteiger partial charge in [0.05, 0.1) is 0 Å². The van der Waals surface area contributed by atoms with Gasteiger partial charge < -0.3 is 16.4 Å². The smallest absolute Gasteiger partial charge is 0.172 e. The van der Waals surface area contributed by atoms with Crippen molar-refractivity contribution in [2.75, 3.05) is 5.32 Å². The molecule has 0 aromatic heterocycles. The average Bonchev–Trinajstić information content (AvgIpc) is 2.40. The van der Waals surface area contributed by atoms with Gasteiger partial charge in [0.25, 0.3) is 0 Å². The number of nitrogens with one attached hydrogen (secondary N) is 2. The first-order valence-electron chi connectivity index (χ1n) is 6.06. The summed E-state index contributed by atoms with van der Waals surface area (Å²) in [6.45, 7) is 1.89. The molecule has 0 spiro atoms. The molecule has 0 saturated heterocycles. The Morgan fingerprint density at radius 1 is 1.00 bits per heavy atom. The summed E-state index contributed by atoms with van der Waals surface area (Å²) in [7, 11) is 0. The lowest BCUT2D eigenvalue weighted by molar-refractivity contribution is 0.459. The highest BCUT2D eigenvalue weighted by Gasteiger charge is 2.21. The highest BCUT2D eigenvalue weighted by molar-refractivity contribution is 7.80. The molecule has 0 radical (unpaired) electrons. The van der Waals surface area contributed by atoms with E-state index in [1.165, 1.54) is 0 Å². The van der Waals surface area contributed by atoms with Crippen LogP contribution in [0.4, 0.5) is 5.69 Å².